The molecule has 0 radical (unpaired) electrons. The summed E-state index contributed by atoms with van der Waals surface area (Å²) in [6.07, 6.45) is 0. The number of aliphatic carboxylic acids is 1. The van der Waals surface area contributed by atoms with E-state index >= 15 is 0 Å². The van der Waals surface area contributed by atoms with Gasteiger partial charge in [-0.05, 0) is 49.2 Å². The maximum absolute atomic E-state index is 12.0. The fourth-order valence-electron chi connectivity index (χ4n) is 2.50. The van der Waals surface area contributed by atoms with Crippen LogP contribution in [0.15, 0.2) is 30.3 Å². The van der Waals surface area contributed by atoms with E-state index in [1.165, 1.54) is 19.1 Å². The minimum Gasteiger partial charge on any atom is -0.486 e. The van der Waals surface area contributed by atoms with Crippen molar-refractivity contribution in [2.75, 3.05) is 17.0 Å². The molecule has 0 atom stereocenters. The first-order valence-corrected chi connectivity index (χ1v) is 11.1. The summed E-state index contributed by atoms with van der Waals surface area (Å²) in [6.45, 7) is 2.87. The number of amides is 1. The fraction of sp³-hybridized carbons (Fsp3) is 0.263. The molecule has 3 N–H and O–H groups in total. The van der Waals surface area contributed by atoms with Crippen LogP contribution in [0.3, 0.4) is 0 Å². The average Bonchev–Trinajstić information content (AvgIpc) is 2.64. The summed E-state index contributed by atoms with van der Waals surface area (Å²) in [7, 11) is -3.42. The molecule has 11 heteroatoms. The zero-order valence-corrected chi connectivity index (χ0v) is 18.5. The van der Waals surface area contributed by atoms with Crippen molar-refractivity contribution in [1.82, 2.24) is 5.32 Å². The third kappa shape index (κ3) is 6.79. The van der Waals surface area contributed by atoms with Gasteiger partial charge in [0.1, 0.15) is 13.2 Å². The lowest BCUT2D eigenvalue weighted by Crippen LogP contribution is -2.29. The van der Waals surface area contributed by atoms with Crippen molar-refractivity contribution >= 4 is 50.8 Å². The van der Waals surface area contributed by atoms with Crippen molar-refractivity contribution in [3.8, 4) is 5.75 Å². The van der Waals surface area contributed by atoms with E-state index in [4.69, 9.17) is 33.0 Å². The molecule has 2 aromatic carbocycles. The number of benzene rings is 2. The number of aryl methyl sites for hydroxylation is 1. The van der Waals surface area contributed by atoms with Crippen LogP contribution in [-0.2, 0) is 21.4 Å². The van der Waals surface area contributed by atoms with E-state index in [-0.39, 0.29) is 33.7 Å². The van der Waals surface area contributed by atoms with E-state index in [0.717, 1.165) is 5.56 Å². The summed E-state index contributed by atoms with van der Waals surface area (Å²) < 4.78 is 31.8. The number of carbonyl (C=O) groups is 2. The first-order chi connectivity index (χ1) is 14.0. The Kier molecular flexibility index (Phi) is 7.94. The smallest absolute Gasteiger partial charge is 0.322 e. The molecule has 0 aliphatic heterocycles. The van der Waals surface area contributed by atoms with Crippen LogP contribution in [0, 0.1) is 6.92 Å². The van der Waals surface area contributed by atoms with E-state index in [0.29, 0.717) is 11.3 Å². The molecule has 30 heavy (non-hydrogen) atoms. The van der Waals surface area contributed by atoms with Crippen LogP contribution in [0.4, 0.5) is 5.69 Å². The van der Waals surface area contributed by atoms with Crippen LogP contribution >= 0.6 is 23.2 Å². The van der Waals surface area contributed by atoms with Crippen LogP contribution < -0.4 is 14.8 Å². The van der Waals surface area contributed by atoms with Gasteiger partial charge in [0, 0.05) is 11.3 Å². The summed E-state index contributed by atoms with van der Waals surface area (Å²) in [5.74, 6) is -1.73. The highest BCUT2D eigenvalue weighted by molar-refractivity contribution is 7.92. The van der Waals surface area contributed by atoms with Crippen molar-refractivity contribution in [3.63, 3.8) is 0 Å². The Morgan fingerprint density at radius 1 is 1.10 bits per heavy atom. The summed E-state index contributed by atoms with van der Waals surface area (Å²) in [5, 5.41) is 11.0. The highest BCUT2D eigenvalue weighted by Crippen LogP contribution is 2.35. The Hall–Kier alpha value is -2.49. The Morgan fingerprint density at radius 2 is 1.73 bits per heavy atom. The van der Waals surface area contributed by atoms with Gasteiger partial charge in [0.2, 0.25) is 10.0 Å². The second-order valence-corrected chi connectivity index (χ2v) is 9.17. The predicted molar refractivity (Wildman–Crippen MR) is 115 cm³/mol. The number of carbonyl (C=O) groups excluding carboxylic acids is 1. The van der Waals surface area contributed by atoms with E-state index in [9.17, 15) is 18.0 Å². The van der Waals surface area contributed by atoms with Gasteiger partial charge in [-0.3, -0.25) is 14.3 Å². The number of nitrogens with one attached hydrogen (secondary N) is 2. The van der Waals surface area contributed by atoms with Crippen molar-refractivity contribution in [3.05, 3.63) is 57.1 Å². The molecule has 2 aromatic rings. The molecule has 0 bridgehead atoms. The second kappa shape index (κ2) is 10.0. The lowest BCUT2D eigenvalue weighted by atomic mass is 10.1. The highest BCUT2D eigenvalue weighted by atomic mass is 35.5. The molecule has 0 saturated heterocycles. The van der Waals surface area contributed by atoms with Crippen LogP contribution in [0.2, 0.25) is 10.0 Å². The summed E-state index contributed by atoms with van der Waals surface area (Å²) in [5.41, 5.74) is 2.01. The van der Waals surface area contributed by atoms with E-state index in [1.54, 1.807) is 12.1 Å². The molecule has 0 unspecified atom stereocenters. The van der Waals surface area contributed by atoms with Crippen molar-refractivity contribution in [2.45, 2.75) is 20.5 Å². The number of sulfonamides is 1. The first-order valence-electron chi connectivity index (χ1n) is 8.73. The largest absolute Gasteiger partial charge is 0.486 e. The number of carboxylic acid groups (broad SMARTS) is 1. The Labute approximate surface area is 184 Å². The number of anilines is 1. The van der Waals surface area contributed by atoms with Gasteiger partial charge in [0.15, 0.2) is 5.75 Å². The van der Waals surface area contributed by atoms with Gasteiger partial charge in [0.25, 0.3) is 5.91 Å². The summed E-state index contributed by atoms with van der Waals surface area (Å²) >= 11 is 12.4. The molecule has 0 spiro atoms. The Bertz CT molecular complexity index is 1050. The van der Waals surface area contributed by atoms with Gasteiger partial charge < -0.3 is 15.2 Å². The van der Waals surface area contributed by atoms with Crippen LogP contribution in [0.1, 0.15) is 28.4 Å². The molecule has 0 aliphatic carbocycles. The number of hydrogen-bond donors (Lipinski definition) is 3. The maximum Gasteiger partial charge on any atom is 0.322 e. The Balaban J connectivity index is 2.17. The normalized spacial score (nSPS) is 11.1. The number of halogens is 2. The van der Waals surface area contributed by atoms with Crippen molar-refractivity contribution in [1.29, 1.82) is 0 Å². The number of carboxylic acids is 1. The van der Waals surface area contributed by atoms with Crippen LogP contribution in [0.25, 0.3) is 0 Å². The quantitative estimate of drug-likeness (QED) is 0.511. The maximum atomic E-state index is 12.0. The molecule has 0 aliphatic rings. The van der Waals surface area contributed by atoms with Gasteiger partial charge >= 0.3 is 5.97 Å². The van der Waals surface area contributed by atoms with E-state index in [2.05, 4.69) is 10.0 Å². The first kappa shape index (κ1) is 23.8. The topological polar surface area (TPSA) is 122 Å². The molecule has 0 saturated carbocycles. The lowest BCUT2D eigenvalue weighted by Gasteiger charge is -2.14. The zero-order valence-electron chi connectivity index (χ0n) is 16.2. The minimum atomic E-state index is -3.42. The van der Waals surface area contributed by atoms with Gasteiger partial charge in [-0.25, -0.2) is 8.42 Å². The summed E-state index contributed by atoms with van der Waals surface area (Å²) in [6, 6.07) is 7.78. The molecular weight excluding hydrogens is 455 g/mol. The summed E-state index contributed by atoms with van der Waals surface area (Å²) in [4.78, 5) is 22.5. The predicted octanol–water partition coefficient (Wildman–Crippen LogP) is 3.46. The lowest BCUT2D eigenvalue weighted by molar-refractivity contribution is -0.135. The standard InChI is InChI=1S/C19H20Cl2N2O6S/c1-3-30(27,28)23-14-5-11(2)4-12(6-14)10-29-18-15(20)7-13(8-16(18)21)19(26)22-9-17(24)25/h4-8,23H,3,9-10H2,1-2H3,(H,22,26)(H,24,25). The van der Waals surface area contributed by atoms with Crippen LogP contribution in [0.5, 0.6) is 5.75 Å². The molecule has 2 rings (SSSR count). The van der Waals surface area contributed by atoms with Gasteiger partial charge in [-0.2, -0.15) is 0 Å². The highest BCUT2D eigenvalue weighted by Gasteiger charge is 2.15. The molecular formula is C19H20Cl2N2O6S. The number of rotatable bonds is 9. The zero-order chi connectivity index (χ0) is 22.5. The molecule has 162 valence electrons. The van der Waals surface area contributed by atoms with Crippen molar-refractivity contribution in [2.24, 2.45) is 0 Å². The van der Waals surface area contributed by atoms with Gasteiger partial charge in [-0.15, -0.1) is 0 Å². The molecule has 1 amide bonds. The third-order valence-corrected chi connectivity index (χ3v) is 5.70. The molecule has 0 heterocycles. The van der Waals surface area contributed by atoms with Crippen molar-refractivity contribution < 1.29 is 27.9 Å². The van der Waals surface area contributed by atoms with E-state index in [1.807, 2.05) is 13.0 Å². The van der Waals surface area contributed by atoms with Gasteiger partial charge in [-0.1, -0.05) is 29.3 Å². The molecule has 8 nitrogen and oxygen atoms in total. The van der Waals surface area contributed by atoms with E-state index < -0.39 is 28.4 Å². The average molecular weight is 475 g/mol. The number of ether oxygens (including phenoxy) is 1. The number of hydrogen-bond acceptors (Lipinski definition) is 5. The molecule has 0 aromatic heterocycles. The third-order valence-electron chi connectivity index (χ3n) is 3.83. The van der Waals surface area contributed by atoms with Crippen LogP contribution in [-0.4, -0.2) is 37.7 Å². The minimum absolute atomic E-state index is 0.0481. The fourth-order valence-corrected chi connectivity index (χ4v) is 3.72. The second-order valence-electron chi connectivity index (χ2n) is 6.35. The Morgan fingerprint density at radius 3 is 2.30 bits per heavy atom. The monoisotopic (exact) mass is 474 g/mol. The van der Waals surface area contributed by atoms with Gasteiger partial charge in [0.05, 0.1) is 15.8 Å². The molecule has 0 fully saturated rings. The SMILES string of the molecule is CCS(=O)(=O)Nc1cc(C)cc(COc2c(Cl)cc(C(=O)NCC(=O)O)cc2Cl)c1.